The normalized spacial score (nSPS) is 17.7. The van der Waals surface area contributed by atoms with Crippen molar-refractivity contribution in [2.24, 2.45) is 5.92 Å². The van der Waals surface area contributed by atoms with Crippen molar-refractivity contribution in [3.63, 3.8) is 0 Å². The maximum Gasteiger partial charge on any atom is 0.223 e. The number of aryl methyl sites for hydroxylation is 1. The van der Waals surface area contributed by atoms with Crippen LogP contribution in [0.3, 0.4) is 0 Å². The van der Waals surface area contributed by atoms with Crippen LogP contribution in [-0.2, 0) is 17.8 Å². The van der Waals surface area contributed by atoms with Crippen LogP contribution >= 0.6 is 0 Å². The second kappa shape index (κ2) is 8.46. The van der Waals surface area contributed by atoms with E-state index in [0.717, 1.165) is 47.4 Å². The molecule has 1 N–H and O–H groups in total. The number of hydrogen-bond donors (Lipinski definition) is 1. The molecule has 1 aliphatic heterocycles. The summed E-state index contributed by atoms with van der Waals surface area (Å²) in [6.07, 6.45) is 7.72. The topological polar surface area (TPSA) is 66.8 Å². The molecule has 1 aliphatic rings. The van der Waals surface area contributed by atoms with Crippen molar-refractivity contribution in [3.05, 3.63) is 72.4 Å². The summed E-state index contributed by atoms with van der Waals surface area (Å²) < 4.78 is 15.4. The number of nitrogens with one attached hydrogen (secondary N) is 1. The first-order chi connectivity index (χ1) is 15.9. The Labute approximate surface area is 192 Å². The molecule has 1 unspecified atom stereocenters. The highest BCUT2D eigenvalue weighted by Crippen LogP contribution is 2.35. The van der Waals surface area contributed by atoms with Gasteiger partial charge in [0.05, 0.1) is 22.9 Å². The number of rotatable bonds is 6. The molecule has 1 atom stereocenters. The van der Waals surface area contributed by atoms with Crippen LogP contribution in [0, 0.1) is 11.7 Å². The average molecular weight is 446 g/mol. The van der Waals surface area contributed by atoms with Crippen LogP contribution in [0.25, 0.3) is 22.3 Å². The third-order valence-corrected chi connectivity index (χ3v) is 6.67. The molecule has 170 valence electrons. The fraction of sp³-hybridized carbons (Fsp3) is 0.346. The number of pyridine rings is 1. The van der Waals surface area contributed by atoms with Crippen LogP contribution in [-0.4, -0.2) is 42.6 Å². The number of hydrogen-bond acceptors (Lipinski definition) is 3. The summed E-state index contributed by atoms with van der Waals surface area (Å²) in [5.41, 5.74) is 4.73. The van der Waals surface area contributed by atoms with Crippen LogP contribution in [0.15, 0.2) is 61.1 Å². The lowest BCUT2D eigenvalue weighted by Crippen LogP contribution is -2.42. The van der Waals surface area contributed by atoms with Crippen LogP contribution in [0.1, 0.15) is 32.3 Å². The Morgan fingerprint density at radius 2 is 2.00 bits per heavy atom. The molecule has 5 rings (SSSR count). The zero-order chi connectivity index (χ0) is 23.0. The molecule has 33 heavy (non-hydrogen) atoms. The summed E-state index contributed by atoms with van der Waals surface area (Å²) in [5, 5.41) is 6.83. The van der Waals surface area contributed by atoms with Gasteiger partial charge >= 0.3 is 0 Å². The molecule has 6 nitrogen and oxygen atoms in total. The second-order valence-electron chi connectivity index (χ2n) is 9.57. The Kier molecular flexibility index (Phi) is 5.48. The molecule has 0 saturated carbocycles. The first-order valence-corrected chi connectivity index (χ1v) is 11.4. The maximum atomic E-state index is 13.1. The third-order valence-electron chi connectivity index (χ3n) is 6.67. The van der Waals surface area contributed by atoms with E-state index >= 15 is 0 Å². The zero-order valence-electron chi connectivity index (χ0n) is 19.0. The summed E-state index contributed by atoms with van der Waals surface area (Å²) in [6, 6.07) is 12.6. The number of aromatic amines is 1. The molecule has 1 amide bonds. The molecule has 0 bridgehead atoms. The number of fused-ring (bicyclic) bond motifs is 1. The Morgan fingerprint density at radius 1 is 1.18 bits per heavy atom. The minimum Gasteiger partial charge on any atom is -0.346 e. The number of benzene rings is 1. The van der Waals surface area contributed by atoms with E-state index in [1.54, 1.807) is 18.3 Å². The van der Waals surface area contributed by atoms with Crippen molar-refractivity contribution in [2.75, 3.05) is 6.54 Å². The largest absolute Gasteiger partial charge is 0.346 e. The fourth-order valence-corrected chi connectivity index (χ4v) is 5.05. The lowest BCUT2D eigenvalue weighted by atomic mass is 9.96. The van der Waals surface area contributed by atoms with Crippen molar-refractivity contribution in [1.82, 2.24) is 24.6 Å². The van der Waals surface area contributed by atoms with Gasteiger partial charge in [-0.15, -0.1) is 0 Å². The molecule has 0 aliphatic carbocycles. The SMILES string of the molecule is CC1(C)CC(Cn2ccc3nc(-c4cn[nH]c4)ccc32)CN1C(=O)CCc1ccc(F)cc1. The maximum absolute atomic E-state index is 13.1. The fourth-order valence-electron chi connectivity index (χ4n) is 5.05. The van der Waals surface area contributed by atoms with E-state index in [1.165, 1.54) is 12.1 Å². The van der Waals surface area contributed by atoms with Crippen molar-refractivity contribution in [1.29, 1.82) is 0 Å². The molecular formula is C26H28FN5O. The standard InChI is InChI=1S/C26H28FN5O/c1-26(2)13-19(17-32(26)25(33)10-5-18-3-6-21(27)7-4-18)16-31-12-11-23-24(31)9-8-22(30-23)20-14-28-29-15-20/h3-4,6-9,11-12,14-15,19H,5,10,13,16-17H2,1-2H3,(H,28,29). The number of likely N-dealkylation sites (tertiary alicyclic amines) is 1. The highest BCUT2D eigenvalue weighted by Gasteiger charge is 2.40. The lowest BCUT2D eigenvalue weighted by molar-refractivity contribution is -0.134. The van der Waals surface area contributed by atoms with Crippen molar-refractivity contribution >= 4 is 16.9 Å². The monoisotopic (exact) mass is 445 g/mol. The molecule has 0 spiro atoms. The Bertz CT molecular complexity index is 1260. The number of aromatic nitrogens is 4. The Balaban J connectivity index is 1.25. The minimum atomic E-state index is -0.251. The van der Waals surface area contributed by atoms with E-state index in [9.17, 15) is 9.18 Å². The summed E-state index contributed by atoms with van der Waals surface area (Å²) >= 11 is 0. The highest BCUT2D eigenvalue weighted by molar-refractivity contribution is 5.79. The number of H-pyrrole nitrogens is 1. The quantitative estimate of drug-likeness (QED) is 0.462. The number of nitrogens with zero attached hydrogens (tertiary/aromatic N) is 4. The Morgan fingerprint density at radius 3 is 2.76 bits per heavy atom. The molecule has 1 fully saturated rings. The lowest BCUT2D eigenvalue weighted by Gasteiger charge is -2.31. The number of carbonyl (C=O) groups is 1. The van der Waals surface area contributed by atoms with Gasteiger partial charge in [-0.2, -0.15) is 5.10 Å². The van der Waals surface area contributed by atoms with E-state index in [2.05, 4.69) is 40.9 Å². The smallest absolute Gasteiger partial charge is 0.223 e. The minimum absolute atomic E-state index is 0.163. The molecular weight excluding hydrogens is 417 g/mol. The second-order valence-corrected chi connectivity index (χ2v) is 9.57. The first kappa shape index (κ1) is 21.4. The number of halogens is 1. The van der Waals surface area contributed by atoms with Crippen molar-refractivity contribution < 1.29 is 9.18 Å². The van der Waals surface area contributed by atoms with Crippen molar-refractivity contribution in [3.8, 4) is 11.3 Å². The van der Waals surface area contributed by atoms with Gasteiger partial charge in [0, 0.05) is 43.0 Å². The van der Waals surface area contributed by atoms with Gasteiger partial charge in [-0.05, 0) is 68.5 Å². The van der Waals surface area contributed by atoms with E-state index in [4.69, 9.17) is 4.98 Å². The van der Waals surface area contributed by atoms with Gasteiger partial charge in [0.1, 0.15) is 5.82 Å². The summed E-state index contributed by atoms with van der Waals surface area (Å²) in [7, 11) is 0. The van der Waals surface area contributed by atoms with Crippen LogP contribution in [0.2, 0.25) is 0 Å². The predicted molar refractivity (Wildman–Crippen MR) is 126 cm³/mol. The molecule has 3 aromatic heterocycles. The van der Waals surface area contributed by atoms with E-state index < -0.39 is 0 Å². The van der Waals surface area contributed by atoms with Crippen molar-refractivity contribution in [2.45, 2.75) is 45.2 Å². The van der Waals surface area contributed by atoms with Gasteiger partial charge in [-0.1, -0.05) is 12.1 Å². The highest BCUT2D eigenvalue weighted by atomic mass is 19.1. The molecule has 4 aromatic rings. The molecule has 1 saturated heterocycles. The summed E-state index contributed by atoms with van der Waals surface area (Å²) in [6.45, 7) is 5.89. The van der Waals surface area contributed by atoms with Gasteiger partial charge in [0.2, 0.25) is 5.91 Å². The Hall–Kier alpha value is -3.48. The molecule has 0 radical (unpaired) electrons. The number of carbonyl (C=O) groups excluding carboxylic acids is 1. The predicted octanol–water partition coefficient (Wildman–Crippen LogP) is 4.83. The van der Waals surface area contributed by atoms with Gasteiger partial charge < -0.3 is 9.47 Å². The summed E-state index contributed by atoms with van der Waals surface area (Å²) in [4.78, 5) is 19.8. The van der Waals surface area contributed by atoms with Gasteiger partial charge in [0.15, 0.2) is 0 Å². The molecule has 4 heterocycles. The molecule has 7 heteroatoms. The van der Waals surface area contributed by atoms with Crippen LogP contribution in [0.5, 0.6) is 0 Å². The van der Waals surface area contributed by atoms with Gasteiger partial charge in [-0.3, -0.25) is 9.89 Å². The van der Waals surface area contributed by atoms with E-state index in [-0.39, 0.29) is 17.3 Å². The van der Waals surface area contributed by atoms with Crippen LogP contribution in [0.4, 0.5) is 4.39 Å². The number of amides is 1. The molecule has 1 aromatic carbocycles. The van der Waals surface area contributed by atoms with E-state index in [1.807, 2.05) is 23.2 Å². The van der Waals surface area contributed by atoms with E-state index in [0.29, 0.717) is 18.8 Å². The third kappa shape index (κ3) is 4.40. The average Bonchev–Trinajstić information content (AvgIpc) is 3.52. The van der Waals surface area contributed by atoms with Crippen LogP contribution < -0.4 is 0 Å². The summed E-state index contributed by atoms with van der Waals surface area (Å²) in [5.74, 6) is 0.286. The van der Waals surface area contributed by atoms with Gasteiger partial charge in [-0.25, -0.2) is 9.37 Å². The van der Waals surface area contributed by atoms with Gasteiger partial charge in [0.25, 0.3) is 0 Å². The zero-order valence-corrected chi connectivity index (χ0v) is 19.0. The first-order valence-electron chi connectivity index (χ1n) is 11.4.